The number of alkyl carbamates (subject to hydrolysis) is 1. The van der Waals surface area contributed by atoms with E-state index in [0.29, 0.717) is 25.1 Å². The SMILES string of the molecule is CCCCCCCNC(=O)CCOc1ccc(C2=NNC(C)=C3CC(OC(=O)NCCOP(=O)(O)OC[C@H]4OCCC4OP(=O)(O)OC[C@H]4O[C@@H](n5cc(C)c(=O)[nH]c5=O)CC4O)CCCCC23)cc1. The first-order valence-electron chi connectivity index (χ1n) is 24.0. The molecule has 3 aliphatic heterocycles. The van der Waals surface area contributed by atoms with Crippen LogP contribution in [0, 0.1) is 12.8 Å². The number of rotatable bonds is 25. The van der Waals surface area contributed by atoms with Crippen LogP contribution in [0.25, 0.3) is 0 Å². The molecule has 1 aromatic carbocycles. The van der Waals surface area contributed by atoms with E-state index in [2.05, 4.69) is 28.0 Å². The van der Waals surface area contributed by atoms with Gasteiger partial charge in [0.2, 0.25) is 5.91 Å². The van der Waals surface area contributed by atoms with Gasteiger partial charge in [-0.2, -0.15) is 5.10 Å². The number of nitrogens with one attached hydrogen (secondary N) is 4. The zero-order chi connectivity index (χ0) is 50.3. The number of aromatic amines is 1. The Balaban J connectivity index is 0.880. The molecule has 23 nitrogen and oxygen atoms in total. The number of hydrogen-bond acceptors (Lipinski definition) is 17. The first-order chi connectivity index (χ1) is 33.5. The number of allylic oxidation sites excluding steroid dienone is 1. The van der Waals surface area contributed by atoms with Crippen molar-refractivity contribution < 1.29 is 70.7 Å². The predicted octanol–water partition coefficient (Wildman–Crippen LogP) is 4.73. The van der Waals surface area contributed by atoms with Crippen molar-refractivity contribution in [2.75, 3.05) is 46.1 Å². The van der Waals surface area contributed by atoms with Crippen LogP contribution in [0.15, 0.2) is 56.4 Å². The molecule has 9 atom stereocenters. The number of aliphatic hydroxyl groups excluding tert-OH is 1. The van der Waals surface area contributed by atoms with Crippen LogP contribution in [0.1, 0.15) is 115 Å². The summed E-state index contributed by atoms with van der Waals surface area (Å²) in [6, 6.07) is 7.64. The van der Waals surface area contributed by atoms with E-state index in [1.165, 1.54) is 32.4 Å². The van der Waals surface area contributed by atoms with E-state index < -0.39 is 89.6 Å². The highest BCUT2D eigenvalue weighted by Crippen LogP contribution is 2.49. The summed E-state index contributed by atoms with van der Waals surface area (Å²) in [5.41, 5.74) is 5.84. The number of aromatic nitrogens is 2. The minimum absolute atomic E-state index is 0.00496. The molecule has 0 bridgehead atoms. The lowest BCUT2D eigenvalue weighted by Crippen LogP contribution is -2.35. The number of aryl methyl sites for hydroxylation is 1. The molecule has 1 saturated carbocycles. The van der Waals surface area contributed by atoms with Crippen LogP contribution >= 0.6 is 15.6 Å². The van der Waals surface area contributed by atoms with Gasteiger partial charge in [-0.25, -0.2) is 18.7 Å². The Hall–Kier alpha value is -4.25. The van der Waals surface area contributed by atoms with Crippen LogP contribution in [0.2, 0.25) is 0 Å². The summed E-state index contributed by atoms with van der Waals surface area (Å²) >= 11 is 0. The maximum atomic E-state index is 12.9. The molecule has 390 valence electrons. The van der Waals surface area contributed by atoms with Gasteiger partial charge < -0.3 is 44.5 Å². The normalized spacial score (nSPS) is 25.3. The van der Waals surface area contributed by atoms with Gasteiger partial charge >= 0.3 is 27.4 Å². The van der Waals surface area contributed by atoms with Gasteiger partial charge in [-0.3, -0.25) is 42.7 Å². The van der Waals surface area contributed by atoms with E-state index >= 15 is 0 Å². The second-order valence-electron chi connectivity index (χ2n) is 17.8. The first kappa shape index (κ1) is 55.1. The number of phosphoric ester groups is 2. The van der Waals surface area contributed by atoms with Gasteiger partial charge in [-0.15, -0.1) is 0 Å². The van der Waals surface area contributed by atoms with Gasteiger partial charge in [0.15, 0.2) is 0 Å². The third-order valence-electron chi connectivity index (χ3n) is 12.4. The van der Waals surface area contributed by atoms with Gasteiger partial charge in [0.25, 0.3) is 5.56 Å². The highest BCUT2D eigenvalue weighted by molar-refractivity contribution is 7.47. The number of aliphatic hydroxyl groups is 1. The fraction of sp³-hybridized carbons (Fsp3) is 0.667. The Morgan fingerprint density at radius 2 is 1.66 bits per heavy atom. The van der Waals surface area contributed by atoms with E-state index in [1.54, 1.807) is 0 Å². The van der Waals surface area contributed by atoms with Crippen LogP contribution in [0.4, 0.5) is 4.79 Å². The number of H-pyrrole nitrogens is 1. The molecule has 6 unspecified atom stereocenters. The Morgan fingerprint density at radius 3 is 2.44 bits per heavy atom. The minimum Gasteiger partial charge on any atom is -0.493 e. The maximum absolute atomic E-state index is 12.9. The molecule has 4 heterocycles. The summed E-state index contributed by atoms with van der Waals surface area (Å²) in [5.74, 6) is 0.623. The smallest absolute Gasteiger partial charge is 0.472 e. The Morgan fingerprint density at radius 1 is 0.914 bits per heavy atom. The summed E-state index contributed by atoms with van der Waals surface area (Å²) in [6.45, 7) is 4.87. The molecule has 25 heteroatoms. The van der Waals surface area contributed by atoms with Crippen molar-refractivity contribution in [2.24, 2.45) is 11.0 Å². The molecule has 3 fully saturated rings. The Kier molecular flexibility index (Phi) is 20.8. The van der Waals surface area contributed by atoms with E-state index in [9.17, 15) is 43.2 Å². The van der Waals surface area contributed by atoms with Crippen molar-refractivity contribution in [1.82, 2.24) is 25.6 Å². The maximum Gasteiger partial charge on any atom is 0.472 e. The fourth-order valence-electron chi connectivity index (χ4n) is 8.61. The van der Waals surface area contributed by atoms with Crippen molar-refractivity contribution >= 4 is 33.4 Å². The van der Waals surface area contributed by atoms with Gasteiger partial charge in [-0.1, -0.05) is 39.0 Å². The van der Waals surface area contributed by atoms with E-state index in [-0.39, 0.29) is 56.4 Å². The van der Waals surface area contributed by atoms with Crippen molar-refractivity contribution in [2.45, 2.75) is 141 Å². The molecule has 1 aromatic heterocycles. The van der Waals surface area contributed by atoms with Crippen LogP contribution in [0.5, 0.6) is 5.75 Å². The molecule has 0 radical (unpaired) electrons. The van der Waals surface area contributed by atoms with Crippen LogP contribution in [-0.2, 0) is 46.2 Å². The first-order valence-corrected chi connectivity index (χ1v) is 27.0. The lowest BCUT2D eigenvalue weighted by Gasteiger charge is -2.33. The largest absolute Gasteiger partial charge is 0.493 e. The van der Waals surface area contributed by atoms with Crippen LogP contribution < -0.4 is 32.0 Å². The molecule has 6 rings (SSSR count). The zero-order valence-electron chi connectivity index (χ0n) is 39.9. The number of carbonyl (C=O) groups excluding carboxylic acids is 2. The topological polar surface area (TPSA) is 306 Å². The lowest BCUT2D eigenvalue weighted by molar-refractivity contribution is -0.121. The number of nitrogens with zero attached hydrogens (tertiary/aromatic N) is 2. The second-order valence-corrected chi connectivity index (χ2v) is 20.6. The van der Waals surface area contributed by atoms with E-state index in [1.807, 2.05) is 31.2 Å². The third-order valence-corrected chi connectivity index (χ3v) is 14.4. The summed E-state index contributed by atoms with van der Waals surface area (Å²) < 4.78 is 70.0. The van der Waals surface area contributed by atoms with E-state index in [4.69, 9.17) is 42.1 Å². The second kappa shape index (κ2) is 26.4. The number of ether oxygens (including phenoxy) is 4. The Bertz CT molecular complexity index is 2340. The number of fused-ring (bicyclic) bond motifs is 1. The molecule has 0 spiro atoms. The predicted molar refractivity (Wildman–Crippen MR) is 253 cm³/mol. The molecule has 2 amide bonds. The third kappa shape index (κ3) is 16.7. The van der Waals surface area contributed by atoms with Crippen LogP contribution in [-0.4, -0.2) is 119 Å². The van der Waals surface area contributed by atoms with Crippen molar-refractivity contribution in [1.29, 1.82) is 0 Å². The molecule has 2 saturated heterocycles. The minimum atomic E-state index is -4.81. The molecular formula is C45H68N6O17P2. The van der Waals surface area contributed by atoms with Crippen LogP contribution in [0.3, 0.4) is 0 Å². The number of benzene rings is 1. The molecule has 2 aromatic rings. The molecule has 4 aliphatic rings. The quantitative estimate of drug-likeness (QED) is 0.0522. The summed E-state index contributed by atoms with van der Waals surface area (Å²) in [7, 11) is -9.51. The average Bonchev–Trinajstić information content (AvgIpc) is 3.92. The number of carbonyl (C=O) groups is 2. The average molecular weight is 1030 g/mol. The zero-order valence-corrected chi connectivity index (χ0v) is 41.7. The summed E-state index contributed by atoms with van der Waals surface area (Å²) in [6.07, 6.45) is 4.34. The summed E-state index contributed by atoms with van der Waals surface area (Å²) in [5, 5.41) is 20.7. The Labute approximate surface area is 406 Å². The molecule has 7 N–H and O–H groups in total. The molecule has 70 heavy (non-hydrogen) atoms. The van der Waals surface area contributed by atoms with Gasteiger partial charge in [-0.05, 0) is 74.9 Å². The monoisotopic (exact) mass is 1030 g/mol. The standard InChI is InChI=1S/C45H68N6O17P2/c1-4-5-6-7-10-19-46-40(53)18-22-61-32-15-13-31(14-16-32)42-34-12-9-8-11-33(24-35(34)30(3)49-50-42)66-45(56)47-20-23-63-69(57,58)64-28-39-37(17-21-62-39)68-70(59,60)65-27-38-36(52)25-41(67-38)51-26-29(2)43(54)48-44(51)55/h13-16,26,33-34,36-39,41,49,52H,4-12,17-25,27-28H2,1-3H3,(H,46,53)(H,47,56)(H,57,58)(H,59,60)(H,48,54,55)/t33?,34?,36?,37?,38-,39-,41-/m1/s1. The van der Waals surface area contributed by atoms with E-state index in [0.717, 1.165) is 59.2 Å². The molecular weight excluding hydrogens is 958 g/mol. The van der Waals surface area contributed by atoms with Crippen molar-refractivity contribution in [3.8, 4) is 5.75 Å². The highest BCUT2D eigenvalue weighted by Gasteiger charge is 2.41. The highest BCUT2D eigenvalue weighted by atomic mass is 31.2. The van der Waals surface area contributed by atoms with Gasteiger partial charge in [0.05, 0.1) is 44.7 Å². The van der Waals surface area contributed by atoms with Crippen molar-refractivity contribution in [3.05, 3.63) is 73.7 Å². The molecule has 1 aliphatic carbocycles. The summed E-state index contributed by atoms with van der Waals surface area (Å²) in [4.78, 5) is 72.1. The number of hydrazone groups is 1. The van der Waals surface area contributed by atoms with Gasteiger partial charge in [0, 0.05) is 62.3 Å². The van der Waals surface area contributed by atoms with Gasteiger partial charge in [0.1, 0.15) is 36.4 Å². The fourth-order valence-corrected chi connectivity index (χ4v) is 10.3. The lowest BCUT2D eigenvalue weighted by atomic mass is 9.79. The number of hydrogen-bond donors (Lipinski definition) is 7. The number of unbranched alkanes of at least 4 members (excludes halogenated alkanes) is 4. The van der Waals surface area contributed by atoms with Crippen molar-refractivity contribution in [3.63, 3.8) is 0 Å². The number of phosphoric acid groups is 2. The number of amides is 2.